The fraction of sp³-hybridized carbons (Fsp3) is 1.00. The first kappa shape index (κ1) is 15.0. The zero-order chi connectivity index (χ0) is 12.7. The molecule has 0 spiro atoms. The molecule has 1 atom stereocenters. The van der Waals surface area contributed by atoms with Gasteiger partial charge in [0.1, 0.15) is 0 Å². The van der Waals surface area contributed by atoms with Crippen LogP contribution in [0.1, 0.15) is 65.7 Å². The normalized spacial score (nSPS) is 20.3. The van der Waals surface area contributed by atoms with Crippen LogP contribution in [-0.4, -0.2) is 36.6 Å². The van der Waals surface area contributed by atoms with Gasteiger partial charge in [-0.3, -0.25) is 4.90 Å². The molecule has 1 fully saturated rings. The van der Waals surface area contributed by atoms with Crippen molar-refractivity contribution in [1.29, 1.82) is 0 Å². The average Bonchev–Trinajstić information content (AvgIpc) is 2.26. The number of nitrogens with zero attached hydrogens (tertiary/aromatic N) is 1. The molecule has 0 saturated carbocycles. The highest BCUT2D eigenvalue weighted by Gasteiger charge is 2.34. The Morgan fingerprint density at radius 1 is 1.12 bits per heavy atom. The van der Waals surface area contributed by atoms with Gasteiger partial charge in [-0.1, -0.05) is 46.0 Å². The van der Waals surface area contributed by atoms with Gasteiger partial charge >= 0.3 is 0 Å². The van der Waals surface area contributed by atoms with Crippen molar-refractivity contribution in [2.45, 2.75) is 77.3 Å². The Labute approximate surface area is 108 Å². The van der Waals surface area contributed by atoms with Gasteiger partial charge < -0.3 is 5.32 Å². The van der Waals surface area contributed by atoms with Crippen LogP contribution in [0, 0.1) is 0 Å². The molecule has 0 aromatic carbocycles. The Hall–Kier alpha value is -0.0800. The first-order chi connectivity index (χ1) is 8.14. The van der Waals surface area contributed by atoms with Crippen LogP contribution in [-0.2, 0) is 0 Å². The SMILES string of the molecule is CCCCCCCC(C)(CC)N(C)C1CNC1. The Balaban J connectivity index is 2.28. The average molecular weight is 240 g/mol. The van der Waals surface area contributed by atoms with Gasteiger partial charge in [0, 0.05) is 24.7 Å². The third kappa shape index (κ3) is 4.26. The predicted octanol–water partition coefficient (Wildman–Crippen LogP) is 3.42. The molecule has 0 amide bonds. The van der Waals surface area contributed by atoms with Crippen molar-refractivity contribution in [2.75, 3.05) is 20.1 Å². The Morgan fingerprint density at radius 2 is 1.76 bits per heavy atom. The number of rotatable bonds is 9. The molecule has 0 bridgehead atoms. The summed E-state index contributed by atoms with van der Waals surface area (Å²) >= 11 is 0. The van der Waals surface area contributed by atoms with Gasteiger partial charge in [-0.25, -0.2) is 0 Å². The van der Waals surface area contributed by atoms with E-state index in [0.29, 0.717) is 5.54 Å². The molecule has 1 rings (SSSR count). The molecule has 1 heterocycles. The molecule has 0 radical (unpaired) electrons. The lowest BCUT2D eigenvalue weighted by Crippen LogP contribution is -2.62. The molecule has 1 aliphatic rings. The highest BCUT2D eigenvalue weighted by Crippen LogP contribution is 2.28. The summed E-state index contributed by atoms with van der Waals surface area (Å²) in [5, 5.41) is 3.38. The Kier molecular flexibility index (Phi) is 6.50. The number of likely N-dealkylation sites (N-methyl/N-ethyl adjacent to an activating group) is 1. The third-order valence-electron chi connectivity index (χ3n) is 4.74. The second-order valence-electron chi connectivity index (χ2n) is 5.94. The number of hydrogen-bond donors (Lipinski definition) is 1. The number of nitrogens with one attached hydrogen (secondary N) is 1. The molecule has 0 aromatic rings. The van der Waals surface area contributed by atoms with E-state index in [4.69, 9.17) is 0 Å². The molecule has 17 heavy (non-hydrogen) atoms. The molecule has 0 aromatic heterocycles. The van der Waals surface area contributed by atoms with Crippen molar-refractivity contribution >= 4 is 0 Å². The summed E-state index contributed by atoms with van der Waals surface area (Å²) in [7, 11) is 2.32. The van der Waals surface area contributed by atoms with Crippen LogP contribution < -0.4 is 5.32 Å². The maximum absolute atomic E-state index is 3.38. The molecule has 2 nitrogen and oxygen atoms in total. The molecule has 1 saturated heterocycles. The van der Waals surface area contributed by atoms with Crippen LogP contribution in [0.4, 0.5) is 0 Å². The summed E-state index contributed by atoms with van der Waals surface area (Å²) in [6.45, 7) is 9.44. The van der Waals surface area contributed by atoms with Gasteiger partial charge in [-0.2, -0.15) is 0 Å². The van der Waals surface area contributed by atoms with E-state index in [1.54, 1.807) is 0 Å². The lowest BCUT2D eigenvalue weighted by atomic mass is 9.87. The molecule has 1 aliphatic heterocycles. The number of unbranched alkanes of at least 4 members (excludes halogenated alkanes) is 4. The van der Waals surface area contributed by atoms with Crippen molar-refractivity contribution in [3.63, 3.8) is 0 Å². The lowest BCUT2D eigenvalue weighted by molar-refractivity contribution is 0.0459. The van der Waals surface area contributed by atoms with Gasteiger partial charge in [-0.05, 0) is 26.8 Å². The maximum Gasteiger partial charge on any atom is 0.0347 e. The van der Waals surface area contributed by atoms with E-state index in [1.807, 2.05) is 0 Å². The largest absolute Gasteiger partial charge is 0.314 e. The Bertz CT molecular complexity index is 201. The van der Waals surface area contributed by atoms with Gasteiger partial charge in [-0.15, -0.1) is 0 Å². The minimum Gasteiger partial charge on any atom is -0.314 e. The van der Waals surface area contributed by atoms with E-state index >= 15 is 0 Å². The zero-order valence-corrected chi connectivity index (χ0v) is 12.4. The second-order valence-corrected chi connectivity index (χ2v) is 5.94. The standard InChI is InChI=1S/C15H32N2/c1-5-7-8-9-10-11-15(3,6-2)17(4)14-12-16-13-14/h14,16H,5-13H2,1-4H3. The van der Waals surface area contributed by atoms with Crippen molar-refractivity contribution in [3.8, 4) is 0 Å². The highest BCUT2D eigenvalue weighted by molar-refractivity contribution is 4.92. The van der Waals surface area contributed by atoms with E-state index < -0.39 is 0 Å². The quantitative estimate of drug-likeness (QED) is 0.621. The molecule has 2 heteroatoms. The van der Waals surface area contributed by atoms with E-state index in [1.165, 1.54) is 58.0 Å². The highest BCUT2D eigenvalue weighted by atomic mass is 15.3. The van der Waals surface area contributed by atoms with Crippen molar-refractivity contribution in [1.82, 2.24) is 10.2 Å². The van der Waals surface area contributed by atoms with Gasteiger partial charge in [0.2, 0.25) is 0 Å². The van der Waals surface area contributed by atoms with Crippen molar-refractivity contribution in [2.24, 2.45) is 0 Å². The Morgan fingerprint density at radius 3 is 2.24 bits per heavy atom. The summed E-state index contributed by atoms with van der Waals surface area (Å²) in [5.74, 6) is 0. The minimum atomic E-state index is 0.416. The summed E-state index contributed by atoms with van der Waals surface area (Å²) in [6.07, 6.45) is 9.62. The van der Waals surface area contributed by atoms with E-state index in [2.05, 4.69) is 38.0 Å². The van der Waals surface area contributed by atoms with Crippen molar-refractivity contribution < 1.29 is 0 Å². The summed E-state index contributed by atoms with van der Waals surface area (Å²) in [4.78, 5) is 2.63. The van der Waals surface area contributed by atoms with Crippen LogP contribution in [0.15, 0.2) is 0 Å². The summed E-state index contributed by atoms with van der Waals surface area (Å²) in [6, 6.07) is 0.774. The molecule has 1 unspecified atom stereocenters. The van der Waals surface area contributed by atoms with E-state index in [-0.39, 0.29) is 0 Å². The zero-order valence-electron chi connectivity index (χ0n) is 12.4. The fourth-order valence-corrected chi connectivity index (χ4v) is 2.70. The van der Waals surface area contributed by atoms with Gasteiger partial charge in [0.15, 0.2) is 0 Å². The second kappa shape index (κ2) is 7.38. The van der Waals surface area contributed by atoms with Gasteiger partial charge in [0.25, 0.3) is 0 Å². The summed E-state index contributed by atoms with van der Waals surface area (Å²) < 4.78 is 0. The monoisotopic (exact) mass is 240 g/mol. The smallest absolute Gasteiger partial charge is 0.0347 e. The molecule has 102 valence electrons. The van der Waals surface area contributed by atoms with Gasteiger partial charge in [0.05, 0.1) is 0 Å². The molecule has 0 aliphatic carbocycles. The van der Waals surface area contributed by atoms with E-state index in [9.17, 15) is 0 Å². The first-order valence-corrected chi connectivity index (χ1v) is 7.57. The molecular weight excluding hydrogens is 208 g/mol. The van der Waals surface area contributed by atoms with Crippen LogP contribution >= 0.6 is 0 Å². The third-order valence-corrected chi connectivity index (χ3v) is 4.74. The van der Waals surface area contributed by atoms with Crippen LogP contribution in [0.25, 0.3) is 0 Å². The molecule has 1 N–H and O–H groups in total. The maximum atomic E-state index is 3.38. The lowest BCUT2D eigenvalue weighted by Gasteiger charge is -2.47. The van der Waals surface area contributed by atoms with Crippen molar-refractivity contribution in [3.05, 3.63) is 0 Å². The van der Waals surface area contributed by atoms with E-state index in [0.717, 1.165) is 6.04 Å². The predicted molar refractivity (Wildman–Crippen MR) is 76.5 cm³/mol. The van der Waals surface area contributed by atoms with Crippen LogP contribution in [0.5, 0.6) is 0 Å². The first-order valence-electron chi connectivity index (χ1n) is 7.57. The summed E-state index contributed by atoms with van der Waals surface area (Å²) in [5.41, 5.74) is 0.416. The topological polar surface area (TPSA) is 15.3 Å². The minimum absolute atomic E-state index is 0.416. The van der Waals surface area contributed by atoms with Crippen LogP contribution in [0.2, 0.25) is 0 Å². The molecular formula is C15H32N2. The van der Waals surface area contributed by atoms with Crippen LogP contribution in [0.3, 0.4) is 0 Å². The number of hydrogen-bond acceptors (Lipinski definition) is 2. The fourth-order valence-electron chi connectivity index (χ4n) is 2.70.